The summed E-state index contributed by atoms with van der Waals surface area (Å²) in [5.74, 6) is 0. The molecule has 0 amide bonds. The molecule has 0 rings (SSSR count). The number of hydrogen-bond donors (Lipinski definition) is 0. The SMILES string of the molecule is CCCCCCCCCCCCCCCCCC[Si](CCCCCCCC)(OC)OC. The Labute approximate surface area is 198 Å². The molecule has 188 valence electrons. The third kappa shape index (κ3) is 20.5. The van der Waals surface area contributed by atoms with Crippen LogP contribution in [0.3, 0.4) is 0 Å². The van der Waals surface area contributed by atoms with Crippen molar-refractivity contribution < 1.29 is 8.85 Å². The summed E-state index contributed by atoms with van der Waals surface area (Å²) in [6.07, 6.45) is 31.0. The van der Waals surface area contributed by atoms with E-state index in [1.54, 1.807) is 0 Å². The molecule has 0 aliphatic rings. The quantitative estimate of drug-likeness (QED) is 0.0951. The first-order chi connectivity index (χ1) is 15.2. The Morgan fingerprint density at radius 1 is 0.355 bits per heavy atom. The van der Waals surface area contributed by atoms with E-state index in [2.05, 4.69) is 13.8 Å². The van der Waals surface area contributed by atoms with E-state index < -0.39 is 8.56 Å². The Balaban J connectivity index is 3.49. The first kappa shape index (κ1) is 31.1. The second-order valence-electron chi connectivity index (χ2n) is 9.89. The molecular weight excluding hydrogens is 396 g/mol. The lowest BCUT2D eigenvalue weighted by Crippen LogP contribution is -2.39. The summed E-state index contributed by atoms with van der Waals surface area (Å²) >= 11 is 0. The second-order valence-corrected chi connectivity index (χ2v) is 13.5. The first-order valence-corrected chi connectivity index (χ1v) is 16.6. The van der Waals surface area contributed by atoms with Crippen molar-refractivity contribution in [3.63, 3.8) is 0 Å². The molecule has 0 atom stereocenters. The van der Waals surface area contributed by atoms with Gasteiger partial charge in [0.1, 0.15) is 0 Å². The Kier molecular flexibility index (Phi) is 24.9. The standard InChI is InChI=1S/C28H60O2Si/c1-5-7-9-11-13-14-15-16-17-18-19-20-21-22-24-26-28-31(29-3,30-4)27-25-23-12-10-8-6-2/h5-28H2,1-4H3. The third-order valence-corrected chi connectivity index (χ3v) is 10.8. The van der Waals surface area contributed by atoms with E-state index in [1.807, 2.05) is 14.2 Å². The molecule has 0 saturated carbocycles. The highest BCUT2D eigenvalue weighted by molar-refractivity contribution is 6.67. The van der Waals surface area contributed by atoms with Crippen LogP contribution in [0, 0.1) is 0 Å². The number of rotatable bonds is 26. The summed E-state index contributed by atoms with van der Waals surface area (Å²) in [7, 11) is 1.86. The van der Waals surface area contributed by atoms with Crippen molar-refractivity contribution >= 4 is 8.56 Å². The number of unbranched alkanes of at least 4 members (excludes halogenated alkanes) is 20. The van der Waals surface area contributed by atoms with Crippen LogP contribution in [-0.4, -0.2) is 22.8 Å². The van der Waals surface area contributed by atoms with Crippen molar-refractivity contribution in [1.29, 1.82) is 0 Å². The normalized spacial score (nSPS) is 12.0. The Hall–Kier alpha value is 0.137. The molecule has 0 saturated heterocycles. The van der Waals surface area contributed by atoms with Crippen LogP contribution in [0.5, 0.6) is 0 Å². The summed E-state index contributed by atoms with van der Waals surface area (Å²) in [6.45, 7) is 4.58. The van der Waals surface area contributed by atoms with Crippen LogP contribution in [0.15, 0.2) is 0 Å². The third-order valence-electron chi connectivity index (χ3n) is 7.07. The van der Waals surface area contributed by atoms with E-state index in [9.17, 15) is 0 Å². The fourth-order valence-corrected chi connectivity index (χ4v) is 7.54. The van der Waals surface area contributed by atoms with Gasteiger partial charge in [-0.15, -0.1) is 0 Å². The van der Waals surface area contributed by atoms with Crippen molar-refractivity contribution in [2.75, 3.05) is 14.2 Å². The van der Waals surface area contributed by atoms with Gasteiger partial charge < -0.3 is 8.85 Å². The van der Waals surface area contributed by atoms with E-state index in [1.165, 1.54) is 153 Å². The van der Waals surface area contributed by atoms with Crippen LogP contribution in [0.2, 0.25) is 12.1 Å². The molecular formula is C28H60O2Si. The summed E-state index contributed by atoms with van der Waals surface area (Å²) in [5.41, 5.74) is 0. The van der Waals surface area contributed by atoms with Gasteiger partial charge in [-0.05, 0) is 12.1 Å². The van der Waals surface area contributed by atoms with E-state index in [0.29, 0.717) is 0 Å². The van der Waals surface area contributed by atoms with Gasteiger partial charge in [-0.2, -0.15) is 0 Å². The maximum absolute atomic E-state index is 5.96. The van der Waals surface area contributed by atoms with Gasteiger partial charge in [-0.1, -0.05) is 155 Å². The lowest BCUT2D eigenvalue weighted by atomic mass is 10.0. The minimum atomic E-state index is -1.92. The molecule has 0 spiro atoms. The van der Waals surface area contributed by atoms with Gasteiger partial charge in [-0.25, -0.2) is 0 Å². The average Bonchev–Trinajstić information content (AvgIpc) is 2.79. The van der Waals surface area contributed by atoms with Crippen LogP contribution >= 0.6 is 0 Å². The van der Waals surface area contributed by atoms with Crippen molar-refractivity contribution in [2.45, 2.75) is 167 Å². The molecule has 0 radical (unpaired) electrons. The van der Waals surface area contributed by atoms with Gasteiger partial charge in [0, 0.05) is 14.2 Å². The van der Waals surface area contributed by atoms with Gasteiger partial charge in [0.2, 0.25) is 0 Å². The Morgan fingerprint density at radius 2 is 0.581 bits per heavy atom. The predicted molar refractivity (Wildman–Crippen MR) is 142 cm³/mol. The van der Waals surface area contributed by atoms with E-state index in [-0.39, 0.29) is 0 Å². The summed E-state index contributed by atoms with van der Waals surface area (Å²) in [6, 6.07) is 2.37. The second kappa shape index (κ2) is 24.8. The molecule has 0 fully saturated rings. The zero-order valence-electron chi connectivity index (χ0n) is 22.3. The van der Waals surface area contributed by atoms with Gasteiger partial charge >= 0.3 is 8.56 Å². The zero-order chi connectivity index (χ0) is 22.9. The molecule has 31 heavy (non-hydrogen) atoms. The lowest BCUT2D eigenvalue weighted by molar-refractivity contribution is 0.238. The Morgan fingerprint density at radius 3 is 0.806 bits per heavy atom. The zero-order valence-corrected chi connectivity index (χ0v) is 23.3. The molecule has 0 aromatic carbocycles. The minimum Gasteiger partial charge on any atom is -0.398 e. The molecule has 0 aliphatic carbocycles. The molecule has 0 unspecified atom stereocenters. The largest absolute Gasteiger partial charge is 0.398 e. The van der Waals surface area contributed by atoms with Crippen LogP contribution in [0.25, 0.3) is 0 Å². The number of hydrogen-bond acceptors (Lipinski definition) is 2. The molecule has 0 bridgehead atoms. The molecule has 0 aliphatic heterocycles. The van der Waals surface area contributed by atoms with Crippen LogP contribution < -0.4 is 0 Å². The van der Waals surface area contributed by atoms with Gasteiger partial charge in [0.15, 0.2) is 0 Å². The van der Waals surface area contributed by atoms with Crippen molar-refractivity contribution in [3.05, 3.63) is 0 Å². The smallest absolute Gasteiger partial charge is 0.337 e. The average molecular weight is 457 g/mol. The molecule has 3 heteroatoms. The highest BCUT2D eigenvalue weighted by Gasteiger charge is 2.33. The van der Waals surface area contributed by atoms with Crippen LogP contribution in [0.1, 0.15) is 155 Å². The highest BCUT2D eigenvalue weighted by Crippen LogP contribution is 2.25. The van der Waals surface area contributed by atoms with E-state index in [4.69, 9.17) is 8.85 Å². The maximum Gasteiger partial charge on any atom is 0.337 e. The molecule has 2 nitrogen and oxygen atoms in total. The summed E-state index contributed by atoms with van der Waals surface area (Å²) in [4.78, 5) is 0. The molecule has 0 heterocycles. The first-order valence-electron chi connectivity index (χ1n) is 14.3. The molecule has 0 aromatic heterocycles. The van der Waals surface area contributed by atoms with Gasteiger partial charge in [-0.3, -0.25) is 0 Å². The predicted octanol–water partition coefficient (Wildman–Crippen LogP) is 10.3. The summed E-state index contributed by atoms with van der Waals surface area (Å²) < 4.78 is 11.9. The van der Waals surface area contributed by atoms with Crippen LogP contribution in [-0.2, 0) is 8.85 Å². The molecule has 0 aromatic rings. The van der Waals surface area contributed by atoms with Gasteiger partial charge in [0.25, 0.3) is 0 Å². The van der Waals surface area contributed by atoms with E-state index in [0.717, 1.165) is 0 Å². The van der Waals surface area contributed by atoms with Crippen molar-refractivity contribution in [3.8, 4) is 0 Å². The maximum atomic E-state index is 5.96. The minimum absolute atomic E-state index is 1.19. The van der Waals surface area contributed by atoms with Crippen LogP contribution in [0.4, 0.5) is 0 Å². The van der Waals surface area contributed by atoms with Crippen molar-refractivity contribution in [1.82, 2.24) is 0 Å². The highest BCUT2D eigenvalue weighted by atomic mass is 28.4. The fourth-order valence-electron chi connectivity index (χ4n) is 4.73. The van der Waals surface area contributed by atoms with E-state index >= 15 is 0 Å². The topological polar surface area (TPSA) is 18.5 Å². The monoisotopic (exact) mass is 456 g/mol. The fraction of sp³-hybridized carbons (Fsp3) is 1.00. The molecule has 0 N–H and O–H groups in total. The Bertz CT molecular complexity index is 331. The van der Waals surface area contributed by atoms with Crippen molar-refractivity contribution in [2.24, 2.45) is 0 Å². The lowest BCUT2D eigenvalue weighted by Gasteiger charge is -2.27. The van der Waals surface area contributed by atoms with Gasteiger partial charge in [0.05, 0.1) is 0 Å². The summed E-state index contributed by atoms with van der Waals surface area (Å²) in [5, 5.41) is 0.